The van der Waals surface area contributed by atoms with Crippen molar-refractivity contribution in [3.63, 3.8) is 0 Å². The van der Waals surface area contributed by atoms with Crippen molar-refractivity contribution in [2.45, 2.75) is 13.8 Å². The molecular weight excluding hydrogens is 256 g/mol. The molecule has 0 aliphatic carbocycles. The Kier molecular flexibility index (Phi) is 4.53. The lowest BCUT2D eigenvalue weighted by Crippen LogP contribution is -1.95. The minimum absolute atomic E-state index is 0.0100. The molecule has 0 saturated heterocycles. The summed E-state index contributed by atoms with van der Waals surface area (Å²) in [6.07, 6.45) is 3.49. The second-order valence-corrected chi connectivity index (χ2v) is 5.07. The van der Waals surface area contributed by atoms with Gasteiger partial charge in [-0.3, -0.25) is 4.79 Å². The summed E-state index contributed by atoms with van der Waals surface area (Å²) in [6.45, 7) is 4.60. The molecule has 1 aromatic heterocycles. The average molecular weight is 272 g/mol. The van der Waals surface area contributed by atoms with Crippen molar-refractivity contribution in [1.82, 2.24) is 0 Å². The van der Waals surface area contributed by atoms with Crippen LogP contribution in [0.3, 0.4) is 0 Å². The molecule has 0 unspecified atom stereocenters. The highest BCUT2D eigenvalue weighted by atomic mass is 32.1. The Morgan fingerprint density at radius 1 is 1.26 bits per heavy atom. The van der Waals surface area contributed by atoms with Crippen LogP contribution in [0.4, 0.5) is 0 Å². The maximum absolute atomic E-state index is 12.0. The quantitative estimate of drug-likeness (QED) is 0.597. The van der Waals surface area contributed by atoms with E-state index in [2.05, 4.69) is 0 Å². The van der Waals surface area contributed by atoms with E-state index in [4.69, 9.17) is 4.74 Å². The van der Waals surface area contributed by atoms with Crippen LogP contribution in [0, 0.1) is 6.92 Å². The Bertz CT molecular complexity index is 579. The SMILES string of the molecule is CCOc1ccc(C(=O)C=Cc2sccc2C)cc1. The van der Waals surface area contributed by atoms with Crippen molar-refractivity contribution >= 4 is 23.2 Å². The molecule has 0 N–H and O–H groups in total. The van der Waals surface area contributed by atoms with Crippen LogP contribution in [0.15, 0.2) is 41.8 Å². The maximum Gasteiger partial charge on any atom is 0.185 e. The third kappa shape index (κ3) is 3.55. The number of aryl methyl sites for hydroxylation is 1. The first-order valence-corrected chi connectivity index (χ1v) is 7.08. The summed E-state index contributed by atoms with van der Waals surface area (Å²) in [4.78, 5) is 13.1. The lowest BCUT2D eigenvalue weighted by Gasteiger charge is -2.02. The van der Waals surface area contributed by atoms with Crippen molar-refractivity contribution in [3.8, 4) is 5.75 Å². The van der Waals surface area contributed by atoms with Gasteiger partial charge in [0, 0.05) is 10.4 Å². The molecule has 0 bridgehead atoms. The Morgan fingerprint density at radius 3 is 2.58 bits per heavy atom. The number of rotatable bonds is 5. The summed E-state index contributed by atoms with van der Waals surface area (Å²) in [5.41, 5.74) is 1.87. The Balaban J connectivity index is 2.07. The van der Waals surface area contributed by atoms with Gasteiger partial charge in [-0.05, 0) is 67.3 Å². The molecule has 98 valence electrons. The molecule has 1 heterocycles. The minimum Gasteiger partial charge on any atom is -0.494 e. The van der Waals surface area contributed by atoms with Gasteiger partial charge in [-0.1, -0.05) is 0 Å². The first-order valence-electron chi connectivity index (χ1n) is 6.20. The fourth-order valence-corrected chi connectivity index (χ4v) is 2.50. The van der Waals surface area contributed by atoms with E-state index in [9.17, 15) is 4.79 Å². The number of hydrogen-bond acceptors (Lipinski definition) is 3. The number of carbonyl (C=O) groups is 1. The molecule has 0 amide bonds. The van der Waals surface area contributed by atoms with E-state index in [1.807, 2.05) is 43.5 Å². The summed E-state index contributed by atoms with van der Waals surface area (Å²) < 4.78 is 5.35. The molecule has 0 aliphatic heterocycles. The van der Waals surface area contributed by atoms with Crippen LogP contribution in [-0.2, 0) is 0 Å². The number of allylic oxidation sites excluding steroid dienone is 1. The predicted octanol–water partition coefficient (Wildman–Crippen LogP) is 4.35. The van der Waals surface area contributed by atoms with Gasteiger partial charge in [0.25, 0.3) is 0 Å². The largest absolute Gasteiger partial charge is 0.494 e. The van der Waals surface area contributed by atoms with Gasteiger partial charge in [0.2, 0.25) is 0 Å². The molecule has 19 heavy (non-hydrogen) atoms. The van der Waals surface area contributed by atoms with Crippen LogP contribution in [0.2, 0.25) is 0 Å². The van der Waals surface area contributed by atoms with Gasteiger partial charge in [0.15, 0.2) is 5.78 Å². The number of thiophene rings is 1. The Labute approximate surface area is 117 Å². The Hall–Kier alpha value is -1.87. The van der Waals surface area contributed by atoms with E-state index in [0.717, 1.165) is 10.6 Å². The number of benzene rings is 1. The molecule has 0 radical (unpaired) electrons. The van der Waals surface area contributed by atoms with Crippen molar-refractivity contribution < 1.29 is 9.53 Å². The highest BCUT2D eigenvalue weighted by molar-refractivity contribution is 7.11. The standard InChI is InChI=1S/C16H16O2S/c1-3-18-14-6-4-13(5-7-14)15(17)8-9-16-12(2)10-11-19-16/h4-11H,3H2,1-2H3. The smallest absolute Gasteiger partial charge is 0.185 e. The van der Waals surface area contributed by atoms with Crippen LogP contribution >= 0.6 is 11.3 Å². The van der Waals surface area contributed by atoms with E-state index in [0.29, 0.717) is 12.2 Å². The van der Waals surface area contributed by atoms with E-state index in [1.54, 1.807) is 29.5 Å². The van der Waals surface area contributed by atoms with E-state index < -0.39 is 0 Å². The zero-order chi connectivity index (χ0) is 13.7. The average Bonchev–Trinajstić information content (AvgIpc) is 2.83. The molecule has 1 aromatic carbocycles. The van der Waals surface area contributed by atoms with Gasteiger partial charge in [0.05, 0.1) is 6.61 Å². The van der Waals surface area contributed by atoms with Crippen molar-refractivity contribution in [3.05, 3.63) is 57.8 Å². The minimum atomic E-state index is 0.0100. The van der Waals surface area contributed by atoms with Gasteiger partial charge in [0.1, 0.15) is 5.75 Å². The van der Waals surface area contributed by atoms with Crippen LogP contribution in [-0.4, -0.2) is 12.4 Å². The fraction of sp³-hybridized carbons (Fsp3) is 0.188. The van der Waals surface area contributed by atoms with Gasteiger partial charge in [-0.15, -0.1) is 11.3 Å². The van der Waals surface area contributed by atoms with Crippen molar-refractivity contribution in [2.75, 3.05) is 6.61 Å². The summed E-state index contributed by atoms with van der Waals surface area (Å²) in [6, 6.07) is 9.27. The lowest BCUT2D eigenvalue weighted by atomic mass is 10.1. The summed E-state index contributed by atoms with van der Waals surface area (Å²) >= 11 is 1.64. The molecular formula is C16H16O2S. The second kappa shape index (κ2) is 6.34. The van der Waals surface area contributed by atoms with E-state index >= 15 is 0 Å². The van der Waals surface area contributed by atoms with Gasteiger partial charge >= 0.3 is 0 Å². The molecule has 0 aliphatic rings. The van der Waals surface area contributed by atoms with Gasteiger partial charge < -0.3 is 4.74 Å². The zero-order valence-electron chi connectivity index (χ0n) is 11.1. The molecule has 2 aromatic rings. The number of ketones is 1. The van der Waals surface area contributed by atoms with Crippen LogP contribution < -0.4 is 4.74 Å². The first kappa shape index (κ1) is 13.6. The summed E-state index contributed by atoms with van der Waals surface area (Å²) in [5, 5.41) is 2.02. The number of hydrogen-bond donors (Lipinski definition) is 0. The highest BCUT2D eigenvalue weighted by Crippen LogP contribution is 2.18. The van der Waals surface area contributed by atoms with E-state index in [-0.39, 0.29) is 5.78 Å². The first-order chi connectivity index (χ1) is 9.20. The molecule has 0 saturated carbocycles. The van der Waals surface area contributed by atoms with Gasteiger partial charge in [-0.2, -0.15) is 0 Å². The normalized spacial score (nSPS) is 10.8. The lowest BCUT2D eigenvalue weighted by molar-refractivity contribution is 0.104. The second-order valence-electron chi connectivity index (χ2n) is 4.12. The molecule has 0 spiro atoms. The fourth-order valence-electron chi connectivity index (χ4n) is 1.68. The topological polar surface area (TPSA) is 26.3 Å². The monoisotopic (exact) mass is 272 g/mol. The number of carbonyl (C=O) groups excluding carboxylic acids is 1. The van der Waals surface area contributed by atoms with Gasteiger partial charge in [-0.25, -0.2) is 0 Å². The van der Waals surface area contributed by atoms with Crippen molar-refractivity contribution in [2.24, 2.45) is 0 Å². The van der Waals surface area contributed by atoms with Crippen molar-refractivity contribution in [1.29, 1.82) is 0 Å². The summed E-state index contributed by atoms with van der Waals surface area (Å²) in [5.74, 6) is 0.799. The zero-order valence-corrected chi connectivity index (χ0v) is 11.9. The summed E-state index contributed by atoms with van der Waals surface area (Å²) in [7, 11) is 0. The Morgan fingerprint density at radius 2 is 2.00 bits per heavy atom. The van der Waals surface area contributed by atoms with Crippen LogP contribution in [0.5, 0.6) is 5.75 Å². The predicted molar refractivity (Wildman–Crippen MR) is 80.0 cm³/mol. The number of ether oxygens (including phenoxy) is 1. The third-order valence-electron chi connectivity index (χ3n) is 2.74. The van der Waals surface area contributed by atoms with Crippen LogP contribution in [0.25, 0.3) is 6.08 Å². The van der Waals surface area contributed by atoms with Crippen LogP contribution in [0.1, 0.15) is 27.7 Å². The highest BCUT2D eigenvalue weighted by Gasteiger charge is 2.03. The molecule has 2 nitrogen and oxygen atoms in total. The third-order valence-corrected chi connectivity index (χ3v) is 3.72. The maximum atomic E-state index is 12.0. The molecule has 0 fully saturated rings. The van der Waals surface area contributed by atoms with E-state index in [1.165, 1.54) is 5.56 Å². The molecule has 2 rings (SSSR count). The molecule has 0 atom stereocenters. The molecule has 3 heteroatoms.